The predicted molar refractivity (Wildman–Crippen MR) is 209 cm³/mol. The molecular formula is C41H64N4O7S. The van der Waals surface area contributed by atoms with Crippen LogP contribution in [-0.4, -0.2) is 101 Å². The first kappa shape index (κ1) is 44.2. The molecule has 0 bridgehead atoms. The lowest BCUT2D eigenvalue weighted by Crippen LogP contribution is -2.50. The van der Waals surface area contributed by atoms with Crippen LogP contribution in [0.2, 0.25) is 0 Å². The van der Waals surface area contributed by atoms with Crippen LogP contribution in [0.15, 0.2) is 35.7 Å². The van der Waals surface area contributed by atoms with E-state index in [-0.39, 0.29) is 54.1 Å². The summed E-state index contributed by atoms with van der Waals surface area (Å²) in [6.45, 7) is 16.7. The van der Waals surface area contributed by atoms with Crippen LogP contribution < -0.4 is 5.32 Å². The molecule has 2 heterocycles. The van der Waals surface area contributed by atoms with Crippen molar-refractivity contribution >= 4 is 34.9 Å². The predicted octanol–water partition coefficient (Wildman–Crippen LogP) is 6.81. The number of carboxylic acids is 1. The zero-order valence-corrected chi connectivity index (χ0v) is 34.4. The Hall–Kier alpha value is -3.19. The van der Waals surface area contributed by atoms with Gasteiger partial charge in [-0.2, -0.15) is 0 Å². The third kappa shape index (κ3) is 13.6. The second kappa shape index (κ2) is 20.5. The Morgan fingerprint density at radius 1 is 1.08 bits per heavy atom. The molecule has 7 atom stereocenters. The lowest BCUT2D eigenvalue weighted by atomic mass is 9.87. The fraction of sp³-hybridized carbons (Fsp3) is 0.683. The van der Waals surface area contributed by atoms with Crippen LogP contribution in [-0.2, 0) is 30.3 Å². The van der Waals surface area contributed by atoms with Crippen molar-refractivity contribution in [2.24, 2.45) is 17.8 Å². The third-order valence-electron chi connectivity index (χ3n) is 10.2. The number of hydrogen-bond acceptors (Lipinski definition) is 9. The number of ketones is 1. The quantitative estimate of drug-likeness (QED) is 0.149. The SMILES string of the molecule is CCO[C@H](C[C@H](C(C)C)N(C)C(=O)[C@@H](CC(=O)[C@H]1CCCCN1C)[C@@H](C)OC(C)(C)C)c1nc(C(=O)N[C@@H](Cc2ccccc2)C[C@H](C)C(=O)O)cs1. The number of carboxylic acid groups (broad SMARTS) is 1. The van der Waals surface area contributed by atoms with E-state index < -0.39 is 41.7 Å². The first-order chi connectivity index (χ1) is 24.9. The smallest absolute Gasteiger partial charge is 0.306 e. The van der Waals surface area contributed by atoms with Crippen LogP contribution in [0.4, 0.5) is 0 Å². The molecule has 296 valence electrons. The highest BCUT2D eigenvalue weighted by Crippen LogP contribution is 2.32. The van der Waals surface area contributed by atoms with E-state index in [0.717, 1.165) is 31.4 Å². The topological polar surface area (TPSA) is 138 Å². The molecule has 0 saturated carbocycles. The van der Waals surface area contributed by atoms with Gasteiger partial charge in [0.05, 0.1) is 29.6 Å². The standard InChI is InChI=1S/C41H64N4O7S/c1-11-51-36(38-43-32(25-53-38)37(47)42-30(21-27(4)40(49)50)22-29-17-13-12-14-18-29)24-34(26(2)3)45(10)39(48)31(28(5)52-41(6,7)8)23-35(46)33-19-15-16-20-44(33)9/h12-14,17-18,25-28,30-31,33-34,36H,11,15-16,19-24H2,1-10H3,(H,42,47)(H,49,50)/t27-,28+,30+,31-,33+,34+,36+/m0/s1. The Labute approximate surface area is 321 Å². The number of aromatic nitrogens is 1. The Morgan fingerprint density at radius 2 is 1.75 bits per heavy atom. The molecule has 2 N–H and O–H groups in total. The lowest BCUT2D eigenvalue weighted by molar-refractivity contribution is -0.152. The maximum atomic E-state index is 14.5. The minimum absolute atomic E-state index is 0.0456. The van der Waals surface area contributed by atoms with E-state index in [9.17, 15) is 24.3 Å². The van der Waals surface area contributed by atoms with Gasteiger partial charge in [-0.05, 0) is 85.4 Å². The van der Waals surface area contributed by atoms with Crippen LogP contribution in [0.3, 0.4) is 0 Å². The van der Waals surface area contributed by atoms with Crippen LogP contribution in [0, 0.1) is 17.8 Å². The first-order valence-corrected chi connectivity index (χ1v) is 20.1. The van der Waals surface area contributed by atoms with Crippen molar-refractivity contribution in [2.45, 2.75) is 136 Å². The number of Topliss-reactive ketones (excluding diaryl/α,β-unsaturated/α-hetero) is 1. The molecule has 1 aliphatic heterocycles. The van der Waals surface area contributed by atoms with Gasteiger partial charge >= 0.3 is 5.97 Å². The molecule has 0 aliphatic carbocycles. The second-order valence-corrected chi connectivity index (χ2v) is 16.9. The van der Waals surface area contributed by atoms with Crippen molar-refractivity contribution in [2.75, 3.05) is 27.2 Å². The molecule has 11 nitrogen and oxygen atoms in total. The van der Waals surface area contributed by atoms with Gasteiger partial charge in [-0.25, -0.2) is 4.98 Å². The number of carbonyl (C=O) groups excluding carboxylic acids is 3. The lowest BCUT2D eigenvalue weighted by Gasteiger charge is -2.39. The molecule has 0 spiro atoms. The van der Waals surface area contributed by atoms with E-state index >= 15 is 0 Å². The summed E-state index contributed by atoms with van der Waals surface area (Å²) in [5.41, 5.74) is 0.737. The van der Waals surface area contributed by atoms with Gasteiger partial charge in [0.25, 0.3) is 5.91 Å². The number of ether oxygens (including phenoxy) is 2. The normalized spacial score (nSPS) is 18.8. The maximum Gasteiger partial charge on any atom is 0.306 e. The molecule has 1 saturated heterocycles. The zero-order valence-electron chi connectivity index (χ0n) is 33.6. The van der Waals surface area contributed by atoms with E-state index in [1.807, 2.05) is 72.0 Å². The molecule has 2 aromatic rings. The number of likely N-dealkylation sites (tertiary alicyclic amines) is 1. The molecule has 2 amide bonds. The van der Waals surface area contributed by atoms with Crippen LogP contribution in [0.1, 0.15) is 121 Å². The minimum atomic E-state index is -0.915. The average Bonchev–Trinajstić information content (AvgIpc) is 3.58. The highest BCUT2D eigenvalue weighted by Gasteiger charge is 2.39. The van der Waals surface area contributed by atoms with Gasteiger partial charge in [0, 0.05) is 44.0 Å². The molecule has 12 heteroatoms. The fourth-order valence-electron chi connectivity index (χ4n) is 7.31. The number of rotatable bonds is 20. The van der Waals surface area contributed by atoms with E-state index in [2.05, 4.69) is 24.1 Å². The van der Waals surface area contributed by atoms with Crippen LogP contribution in [0.25, 0.3) is 0 Å². The van der Waals surface area contributed by atoms with Crippen molar-refractivity contribution in [3.05, 3.63) is 52.0 Å². The number of benzene rings is 1. The van der Waals surface area contributed by atoms with Gasteiger partial charge in [0.2, 0.25) is 5.91 Å². The van der Waals surface area contributed by atoms with Crippen LogP contribution in [0.5, 0.6) is 0 Å². The number of carbonyl (C=O) groups is 4. The molecule has 0 unspecified atom stereocenters. The van der Waals surface area contributed by atoms with Crippen molar-refractivity contribution in [3.63, 3.8) is 0 Å². The van der Waals surface area contributed by atoms with Gasteiger partial charge in [0.1, 0.15) is 16.8 Å². The molecule has 1 aromatic heterocycles. The summed E-state index contributed by atoms with van der Waals surface area (Å²) in [6, 6.07) is 8.81. The summed E-state index contributed by atoms with van der Waals surface area (Å²) in [5, 5.41) is 14.9. The van der Waals surface area contributed by atoms with Crippen molar-refractivity contribution in [1.82, 2.24) is 20.1 Å². The van der Waals surface area contributed by atoms with E-state index in [1.54, 1.807) is 24.3 Å². The maximum absolute atomic E-state index is 14.5. The number of aliphatic carboxylic acids is 1. The minimum Gasteiger partial charge on any atom is -0.481 e. The number of amides is 2. The fourth-order valence-corrected chi connectivity index (χ4v) is 8.17. The summed E-state index contributed by atoms with van der Waals surface area (Å²) in [4.78, 5) is 62.0. The highest BCUT2D eigenvalue weighted by atomic mass is 32.1. The Bertz CT molecular complexity index is 1480. The van der Waals surface area contributed by atoms with Gasteiger partial charge in [-0.15, -0.1) is 11.3 Å². The molecule has 53 heavy (non-hydrogen) atoms. The molecule has 1 aliphatic rings. The Balaban J connectivity index is 1.82. The molecule has 3 rings (SSSR count). The van der Waals surface area contributed by atoms with E-state index in [4.69, 9.17) is 14.5 Å². The Morgan fingerprint density at radius 3 is 2.34 bits per heavy atom. The summed E-state index contributed by atoms with van der Waals surface area (Å²) in [5.74, 6) is -2.60. The zero-order chi connectivity index (χ0) is 39.5. The van der Waals surface area contributed by atoms with Crippen molar-refractivity contribution < 1.29 is 33.8 Å². The molecule has 1 fully saturated rings. The van der Waals surface area contributed by atoms with Gasteiger partial charge in [-0.1, -0.05) is 57.5 Å². The van der Waals surface area contributed by atoms with E-state index in [1.165, 1.54) is 11.3 Å². The largest absolute Gasteiger partial charge is 0.481 e. The monoisotopic (exact) mass is 756 g/mol. The molecule has 0 radical (unpaired) electrons. The Kier molecular flexibility index (Phi) is 17.1. The number of hydrogen-bond donors (Lipinski definition) is 2. The summed E-state index contributed by atoms with van der Waals surface area (Å²) in [7, 11) is 3.79. The van der Waals surface area contributed by atoms with Crippen LogP contribution >= 0.6 is 11.3 Å². The van der Waals surface area contributed by atoms with E-state index in [0.29, 0.717) is 24.5 Å². The van der Waals surface area contributed by atoms with Gasteiger partial charge in [-0.3, -0.25) is 24.1 Å². The number of piperidine rings is 1. The summed E-state index contributed by atoms with van der Waals surface area (Å²) >= 11 is 1.33. The van der Waals surface area contributed by atoms with Crippen molar-refractivity contribution in [1.29, 1.82) is 0 Å². The number of thiazole rings is 1. The second-order valence-electron chi connectivity index (χ2n) is 16.1. The summed E-state index contributed by atoms with van der Waals surface area (Å²) in [6.07, 6.45) is 3.21. The number of nitrogens with zero attached hydrogens (tertiary/aromatic N) is 3. The number of nitrogens with one attached hydrogen (secondary N) is 1. The summed E-state index contributed by atoms with van der Waals surface area (Å²) < 4.78 is 12.5. The van der Waals surface area contributed by atoms with Crippen molar-refractivity contribution in [3.8, 4) is 0 Å². The molecular weight excluding hydrogens is 693 g/mol. The third-order valence-corrected chi connectivity index (χ3v) is 11.1. The van der Waals surface area contributed by atoms with Gasteiger partial charge in [0.15, 0.2) is 5.78 Å². The molecule has 1 aromatic carbocycles. The first-order valence-electron chi connectivity index (χ1n) is 19.2. The average molecular weight is 757 g/mol. The highest BCUT2D eigenvalue weighted by molar-refractivity contribution is 7.09. The number of likely N-dealkylation sites (N-methyl/N-ethyl adjacent to an activating group) is 1. The van der Waals surface area contributed by atoms with Gasteiger partial charge < -0.3 is 24.8 Å².